The molecule has 1 unspecified atom stereocenters. The summed E-state index contributed by atoms with van der Waals surface area (Å²) < 4.78 is 0.684. The molecule has 0 spiro atoms. The number of likely N-dealkylation sites (N-methyl/N-ethyl adjacent to an activating group) is 2. The second kappa shape index (κ2) is 7.21. The minimum Gasteiger partial charge on any atom is -0.481 e. The van der Waals surface area contributed by atoms with Crippen molar-refractivity contribution in [3.05, 3.63) is 0 Å². The lowest BCUT2D eigenvalue weighted by Crippen LogP contribution is -2.52. The van der Waals surface area contributed by atoms with E-state index in [0.29, 0.717) is 10.4 Å². The molecular formula is C11H19N5O2S2. The molecule has 1 aliphatic heterocycles. The Kier molecular flexibility index (Phi) is 5.58. The molecule has 1 aromatic rings. The number of aliphatic carboxylic acids is 1. The third-order valence-corrected chi connectivity index (χ3v) is 5.19. The number of carboxylic acid groups (broad SMARTS) is 1. The summed E-state index contributed by atoms with van der Waals surface area (Å²) in [4.78, 5) is 15.1. The number of piperazine rings is 1. The first-order chi connectivity index (χ1) is 9.54. The van der Waals surface area contributed by atoms with Gasteiger partial charge in [0.05, 0.1) is 5.75 Å². The summed E-state index contributed by atoms with van der Waals surface area (Å²) in [5.41, 5.74) is 0. The van der Waals surface area contributed by atoms with Gasteiger partial charge in [0.15, 0.2) is 4.34 Å². The first-order valence-corrected chi connectivity index (χ1v) is 8.15. The van der Waals surface area contributed by atoms with Gasteiger partial charge in [0, 0.05) is 32.2 Å². The molecule has 1 aromatic heterocycles. The topological polar surface area (TPSA) is 81.6 Å². The number of anilines is 1. The van der Waals surface area contributed by atoms with E-state index in [2.05, 4.69) is 39.4 Å². The number of hydrogen-bond donors (Lipinski definition) is 2. The Morgan fingerprint density at radius 3 is 3.05 bits per heavy atom. The fourth-order valence-corrected chi connectivity index (χ4v) is 3.47. The number of hydrogen-bond acceptors (Lipinski definition) is 8. The van der Waals surface area contributed by atoms with Crippen LogP contribution in [-0.4, -0.2) is 83.1 Å². The minimum atomic E-state index is -0.841. The average Bonchev–Trinajstić information content (AvgIpc) is 2.85. The van der Waals surface area contributed by atoms with E-state index in [1.165, 1.54) is 23.1 Å². The first-order valence-electron chi connectivity index (χ1n) is 6.35. The van der Waals surface area contributed by atoms with Gasteiger partial charge in [-0.15, -0.1) is 10.2 Å². The summed E-state index contributed by atoms with van der Waals surface area (Å²) in [6.07, 6.45) is 0. The third kappa shape index (κ3) is 4.58. The number of rotatable bonds is 6. The molecule has 1 atom stereocenters. The fraction of sp³-hybridized carbons (Fsp3) is 0.727. The molecule has 0 radical (unpaired) electrons. The van der Waals surface area contributed by atoms with Crippen molar-refractivity contribution in [2.24, 2.45) is 0 Å². The van der Waals surface area contributed by atoms with Gasteiger partial charge in [-0.2, -0.15) is 0 Å². The van der Waals surface area contributed by atoms with Crippen LogP contribution in [0.25, 0.3) is 0 Å². The van der Waals surface area contributed by atoms with Crippen molar-refractivity contribution in [3.8, 4) is 0 Å². The van der Waals surface area contributed by atoms with Crippen LogP contribution in [0.3, 0.4) is 0 Å². The highest BCUT2D eigenvalue weighted by Crippen LogP contribution is 2.25. The number of nitrogens with zero attached hydrogens (tertiary/aromatic N) is 4. The Hall–Kier alpha value is -0.900. The molecule has 0 aromatic carbocycles. The molecule has 2 N–H and O–H groups in total. The van der Waals surface area contributed by atoms with Crippen molar-refractivity contribution in [3.63, 3.8) is 0 Å². The van der Waals surface area contributed by atoms with E-state index in [-0.39, 0.29) is 5.75 Å². The molecule has 1 aliphatic rings. The van der Waals surface area contributed by atoms with Crippen LogP contribution in [0.5, 0.6) is 0 Å². The number of carboxylic acids is 1. The predicted molar refractivity (Wildman–Crippen MR) is 80.7 cm³/mol. The summed E-state index contributed by atoms with van der Waals surface area (Å²) in [7, 11) is 4.26. The zero-order valence-corrected chi connectivity index (χ0v) is 13.2. The number of carbonyl (C=O) groups is 1. The van der Waals surface area contributed by atoms with E-state index in [1.807, 2.05) is 0 Å². The van der Waals surface area contributed by atoms with E-state index in [9.17, 15) is 4.79 Å². The summed E-state index contributed by atoms with van der Waals surface area (Å²) >= 11 is 2.60. The SMILES string of the molecule is CN1CCN(C)C(CNc2nnc(SCC(=O)O)s2)C1. The number of aromatic nitrogens is 2. The van der Waals surface area contributed by atoms with Crippen LogP contribution < -0.4 is 5.32 Å². The van der Waals surface area contributed by atoms with Gasteiger partial charge < -0.3 is 15.3 Å². The molecule has 0 bridgehead atoms. The van der Waals surface area contributed by atoms with E-state index in [0.717, 1.165) is 31.3 Å². The van der Waals surface area contributed by atoms with Crippen LogP contribution in [0.1, 0.15) is 0 Å². The monoisotopic (exact) mass is 317 g/mol. The molecule has 2 rings (SSSR count). The lowest BCUT2D eigenvalue weighted by Gasteiger charge is -2.37. The Morgan fingerprint density at radius 1 is 1.50 bits per heavy atom. The molecule has 0 aliphatic carbocycles. The van der Waals surface area contributed by atoms with E-state index >= 15 is 0 Å². The number of thioether (sulfide) groups is 1. The van der Waals surface area contributed by atoms with Crippen LogP contribution in [-0.2, 0) is 4.79 Å². The van der Waals surface area contributed by atoms with Gasteiger partial charge in [0.2, 0.25) is 5.13 Å². The van der Waals surface area contributed by atoms with E-state index in [1.54, 1.807) is 0 Å². The molecule has 20 heavy (non-hydrogen) atoms. The Bertz CT molecular complexity index is 456. The molecule has 1 saturated heterocycles. The quantitative estimate of drug-likeness (QED) is 0.729. The lowest BCUT2D eigenvalue weighted by atomic mass is 10.2. The first kappa shape index (κ1) is 15.5. The zero-order chi connectivity index (χ0) is 14.5. The zero-order valence-electron chi connectivity index (χ0n) is 11.6. The van der Waals surface area contributed by atoms with Gasteiger partial charge in [-0.25, -0.2) is 0 Å². The third-order valence-electron chi connectivity index (χ3n) is 3.19. The second-order valence-electron chi connectivity index (χ2n) is 4.83. The molecule has 2 heterocycles. The predicted octanol–water partition coefficient (Wildman–Crippen LogP) is 0.372. The van der Waals surface area contributed by atoms with Crippen molar-refractivity contribution in [2.45, 2.75) is 10.4 Å². The van der Waals surface area contributed by atoms with Crippen LogP contribution in [0.15, 0.2) is 4.34 Å². The van der Waals surface area contributed by atoms with Crippen molar-refractivity contribution < 1.29 is 9.90 Å². The van der Waals surface area contributed by atoms with Gasteiger partial charge in [-0.05, 0) is 14.1 Å². The highest BCUT2D eigenvalue weighted by atomic mass is 32.2. The van der Waals surface area contributed by atoms with Crippen LogP contribution in [0, 0.1) is 0 Å². The molecular weight excluding hydrogens is 298 g/mol. The second-order valence-corrected chi connectivity index (χ2v) is 7.03. The van der Waals surface area contributed by atoms with Crippen LogP contribution >= 0.6 is 23.1 Å². The van der Waals surface area contributed by atoms with Gasteiger partial charge in [-0.1, -0.05) is 23.1 Å². The molecule has 0 saturated carbocycles. The fourth-order valence-electron chi connectivity index (χ4n) is 1.99. The smallest absolute Gasteiger partial charge is 0.313 e. The van der Waals surface area contributed by atoms with Gasteiger partial charge in [-0.3, -0.25) is 9.69 Å². The minimum absolute atomic E-state index is 0.0186. The lowest BCUT2D eigenvalue weighted by molar-refractivity contribution is -0.133. The van der Waals surface area contributed by atoms with Gasteiger partial charge in [0.25, 0.3) is 0 Å². The highest BCUT2D eigenvalue weighted by Gasteiger charge is 2.22. The number of nitrogens with one attached hydrogen (secondary N) is 1. The maximum absolute atomic E-state index is 10.5. The normalized spacial score (nSPS) is 21.0. The van der Waals surface area contributed by atoms with Gasteiger partial charge >= 0.3 is 5.97 Å². The molecule has 0 amide bonds. The summed E-state index contributed by atoms with van der Waals surface area (Å²) in [6.45, 7) is 4.02. The van der Waals surface area contributed by atoms with Gasteiger partial charge in [0.1, 0.15) is 0 Å². The van der Waals surface area contributed by atoms with Crippen molar-refractivity contribution in [1.82, 2.24) is 20.0 Å². The average molecular weight is 317 g/mol. The Balaban J connectivity index is 1.80. The maximum atomic E-state index is 10.5. The van der Waals surface area contributed by atoms with Crippen LogP contribution in [0.4, 0.5) is 5.13 Å². The van der Waals surface area contributed by atoms with Crippen molar-refractivity contribution in [1.29, 1.82) is 0 Å². The molecule has 112 valence electrons. The maximum Gasteiger partial charge on any atom is 0.313 e. The van der Waals surface area contributed by atoms with Crippen molar-refractivity contribution in [2.75, 3.05) is 51.3 Å². The van der Waals surface area contributed by atoms with Crippen LogP contribution in [0.2, 0.25) is 0 Å². The largest absolute Gasteiger partial charge is 0.481 e. The summed E-state index contributed by atoms with van der Waals surface area (Å²) in [5, 5.41) is 20.7. The molecule has 1 fully saturated rings. The highest BCUT2D eigenvalue weighted by molar-refractivity contribution is 8.01. The molecule has 9 heteroatoms. The van der Waals surface area contributed by atoms with E-state index in [4.69, 9.17) is 5.11 Å². The summed E-state index contributed by atoms with van der Waals surface area (Å²) in [5.74, 6) is -0.822. The van der Waals surface area contributed by atoms with Crippen molar-refractivity contribution >= 4 is 34.2 Å². The summed E-state index contributed by atoms with van der Waals surface area (Å²) in [6, 6.07) is 0.452. The standard InChI is InChI=1S/C11H19N5O2S2/c1-15-3-4-16(2)8(6-15)5-12-10-13-14-11(20-10)19-7-9(17)18/h8H,3-7H2,1-2H3,(H,12,13)(H,17,18). The Labute approximate surface area is 126 Å². The Morgan fingerprint density at radius 2 is 2.30 bits per heavy atom. The molecule has 7 nitrogen and oxygen atoms in total. The van der Waals surface area contributed by atoms with E-state index < -0.39 is 5.97 Å².